The van der Waals surface area contributed by atoms with Crippen LogP contribution in [0.5, 0.6) is 23.1 Å². The van der Waals surface area contributed by atoms with E-state index < -0.39 is 40.5 Å². The number of methoxy groups -OCH3 is 3. The monoisotopic (exact) mass is 564 g/mol. The number of rotatable bonds is 7. The maximum Gasteiger partial charge on any atom is 0.275 e. The van der Waals surface area contributed by atoms with Crippen LogP contribution in [0.15, 0.2) is 59.5 Å². The van der Waals surface area contributed by atoms with Crippen LogP contribution in [0, 0.1) is 11.6 Å². The maximum absolute atomic E-state index is 14.4. The largest absolute Gasteiger partial charge is 0.497 e. The molecule has 0 bridgehead atoms. The van der Waals surface area contributed by atoms with Crippen molar-refractivity contribution >= 4 is 5.91 Å². The molecule has 12 heteroatoms. The minimum Gasteiger partial charge on any atom is -0.497 e. The molecule has 1 aliphatic heterocycles. The van der Waals surface area contributed by atoms with Crippen molar-refractivity contribution in [2.75, 3.05) is 34.4 Å². The Morgan fingerprint density at radius 2 is 1.66 bits per heavy atom. The van der Waals surface area contributed by atoms with Crippen molar-refractivity contribution in [2.45, 2.75) is 12.3 Å². The average molecular weight is 565 g/mol. The number of pyridine rings is 1. The third-order valence-electron chi connectivity index (χ3n) is 6.98. The predicted octanol–water partition coefficient (Wildman–Crippen LogP) is 3.93. The molecule has 212 valence electrons. The van der Waals surface area contributed by atoms with Gasteiger partial charge in [-0.15, -0.1) is 0 Å². The van der Waals surface area contributed by atoms with Gasteiger partial charge >= 0.3 is 0 Å². The first kappa shape index (κ1) is 27.6. The molecule has 1 saturated heterocycles. The highest BCUT2D eigenvalue weighted by Crippen LogP contribution is 2.36. The number of amides is 1. The van der Waals surface area contributed by atoms with Gasteiger partial charge in [-0.25, -0.2) is 8.78 Å². The first-order chi connectivity index (χ1) is 19.8. The molecular weight excluding hydrogens is 538 g/mol. The summed E-state index contributed by atoms with van der Waals surface area (Å²) in [5.41, 5.74) is -1.40. The van der Waals surface area contributed by atoms with E-state index in [9.17, 15) is 23.5 Å². The Balaban J connectivity index is 1.67. The van der Waals surface area contributed by atoms with Crippen LogP contribution in [0.2, 0.25) is 0 Å². The van der Waals surface area contributed by atoms with Gasteiger partial charge in [-0.2, -0.15) is 4.98 Å². The molecule has 0 spiro atoms. The van der Waals surface area contributed by atoms with E-state index in [0.29, 0.717) is 5.75 Å². The van der Waals surface area contributed by atoms with Crippen molar-refractivity contribution in [3.05, 3.63) is 87.8 Å². The first-order valence-electron chi connectivity index (χ1n) is 12.6. The molecule has 0 aliphatic carbocycles. The summed E-state index contributed by atoms with van der Waals surface area (Å²) in [6.45, 7) is 0.0417. The lowest BCUT2D eigenvalue weighted by Gasteiger charge is -2.21. The molecule has 1 unspecified atom stereocenters. The van der Waals surface area contributed by atoms with Crippen LogP contribution in [0.4, 0.5) is 8.78 Å². The third kappa shape index (κ3) is 4.92. The number of hydrogen-bond acceptors (Lipinski definition) is 8. The zero-order valence-corrected chi connectivity index (χ0v) is 22.4. The molecule has 1 aliphatic rings. The molecule has 4 aromatic rings. The van der Waals surface area contributed by atoms with E-state index >= 15 is 0 Å². The number of carbonyl (C=O) groups excluding carboxylic acids is 1. The zero-order valence-electron chi connectivity index (χ0n) is 22.4. The number of hydrogen-bond donors (Lipinski definition) is 1. The number of likely N-dealkylation sites (tertiary alicyclic amines) is 1. The molecule has 10 nitrogen and oxygen atoms in total. The Hall–Kier alpha value is -5.00. The van der Waals surface area contributed by atoms with Gasteiger partial charge in [0.05, 0.1) is 21.3 Å². The van der Waals surface area contributed by atoms with Crippen LogP contribution in [-0.2, 0) is 0 Å². The standard InChI is InChI=1S/C29H26F2N4O6/c1-39-17-10-12-32-20(14-17)26-33-27(36)24(29(38)35(26)25-21(40-2)8-5-9-22(25)41-3)28(37)34-13-11-16(15-34)23-18(30)6-4-7-19(23)31/h4-10,12,14,16,36H,11,13,15H2,1-3H3. The van der Waals surface area contributed by atoms with Crippen molar-refractivity contribution in [3.63, 3.8) is 0 Å². The lowest BCUT2D eigenvalue weighted by molar-refractivity contribution is 0.0784. The fourth-order valence-corrected chi connectivity index (χ4v) is 5.03. The van der Waals surface area contributed by atoms with E-state index in [0.717, 1.165) is 16.7 Å². The van der Waals surface area contributed by atoms with E-state index in [1.807, 2.05) is 0 Å². The van der Waals surface area contributed by atoms with Crippen LogP contribution in [-0.4, -0.2) is 64.9 Å². The van der Waals surface area contributed by atoms with Gasteiger partial charge in [0.15, 0.2) is 11.4 Å². The highest BCUT2D eigenvalue weighted by molar-refractivity contribution is 5.96. The van der Waals surface area contributed by atoms with Crippen molar-refractivity contribution in [3.8, 4) is 40.3 Å². The van der Waals surface area contributed by atoms with E-state index in [1.165, 1.54) is 44.6 Å². The highest BCUT2D eigenvalue weighted by Gasteiger charge is 2.35. The summed E-state index contributed by atoms with van der Waals surface area (Å²) in [5.74, 6) is -2.99. The summed E-state index contributed by atoms with van der Waals surface area (Å²) in [6.07, 6.45) is 1.70. The Labute approximate surface area is 233 Å². The topological polar surface area (TPSA) is 116 Å². The van der Waals surface area contributed by atoms with E-state index in [4.69, 9.17) is 14.2 Å². The smallest absolute Gasteiger partial charge is 0.275 e. The molecule has 41 heavy (non-hydrogen) atoms. The molecule has 1 atom stereocenters. The SMILES string of the molecule is COc1ccnc(-c2nc(O)c(C(=O)N3CCC(c4c(F)cccc4F)C3)c(=O)n2-c2c(OC)cccc2OC)c1. The number of aromatic nitrogens is 3. The Morgan fingerprint density at radius 1 is 1.00 bits per heavy atom. The average Bonchev–Trinajstić information content (AvgIpc) is 3.46. The summed E-state index contributed by atoms with van der Waals surface area (Å²) < 4.78 is 46.3. The molecule has 0 radical (unpaired) electrons. The van der Waals surface area contributed by atoms with Gasteiger partial charge in [0.2, 0.25) is 5.88 Å². The second-order valence-corrected chi connectivity index (χ2v) is 9.24. The molecule has 1 amide bonds. The minimum atomic E-state index is -0.926. The second kappa shape index (κ2) is 11.2. The maximum atomic E-state index is 14.4. The summed E-state index contributed by atoms with van der Waals surface area (Å²) in [5, 5.41) is 11.0. The zero-order chi connectivity index (χ0) is 29.3. The summed E-state index contributed by atoms with van der Waals surface area (Å²) in [6, 6.07) is 11.5. The van der Waals surface area contributed by atoms with Crippen molar-refractivity contribution in [2.24, 2.45) is 0 Å². The van der Waals surface area contributed by atoms with Crippen LogP contribution in [0.3, 0.4) is 0 Å². The van der Waals surface area contributed by atoms with Gasteiger partial charge in [-0.1, -0.05) is 12.1 Å². The van der Waals surface area contributed by atoms with Crippen molar-refractivity contribution in [1.29, 1.82) is 0 Å². The summed E-state index contributed by atoms with van der Waals surface area (Å²) >= 11 is 0. The van der Waals surface area contributed by atoms with Crippen LogP contribution >= 0.6 is 0 Å². The van der Waals surface area contributed by atoms with Gasteiger partial charge in [0.25, 0.3) is 11.5 Å². The number of halogens is 2. The second-order valence-electron chi connectivity index (χ2n) is 9.24. The quantitative estimate of drug-likeness (QED) is 0.359. The lowest BCUT2D eigenvalue weighted by atomic mass is 9.97. The number of benzene rings is 2. The van der Waals surface area contributed by atoms with Crippen LogP contribution in [0.25, 0.3) is 17.2 Å². The van der Waals surface area contributed by atoms with E-state index in [-0.39, 0.29) is 53.8 Å². The Morgan fingerprint density at radius 3 is 2.29 bits per heavy atom. The third-order valence-corrected chi connectivity index (χ3v) is 6.98. The molecule has 5 rings (SSSR count). The van der Waals surface area contributed by atoms with Gasteiger partial charge in [-0.3, -0.25) is 19.1 Å². The first-order valence-corrected chi connectivity index (χ1v) is 12.6. The van der Waals surface area contributed by atoms with Crippen LogP contribution in [0.1, 0.15) is 28.3 Å². The van der Waals surface area contributed by atoms with Gasteiger partial charge < -0.3 is 24.2 Å². The fraction of sp³-hybridized carbons (Fsp3) is 0.241. The number of aromatic hydroxyl groups is 1. The molecule has 3 heterocycles. The van der Waals surface area contributed by atoms with Gasteiger partial charge in [-0.05, 0) is 36.8 Å². The Kier molecular flexibility index (Phi) is 7.56. The molecule has 2 aromatic carbocycles. The highest BCUT2D eigenvalue weighted by atomic mass is 19.1. The number of nitrogens with zero attached hydrogens (tertiary/aromatic N) is 4. The number of ether oxygens (including phenoxy) is 3. The van der Waals surface area contributed by atoms with Crippen molar-refractivity contribution < 1.29 is 32.9 Å². The summed E-state index contributed by atoms with van der Waals surface area (Å²) in [4.78, 5) is 37.6. The van der Waals surface area contributed by atoms with Gasteiger partial charge in [0, 0.05) is 36.8 Å². The van der Waals surface area contributed by atoms with E-state index in [2.05, 4.69) is 9.97 Å². The van der Waals surface area contributed by atoms with E-state index in [1.54, 1.807) is 24.3 Å². The minimum absolute atomic E-state index is 0.0628. The molecule has 1 fully saturated rings. The molecular formula is C29H26F2N4O6. The fourth-order valence-electron chi connectivity index (χ4n) is 5.03. The molecule has 1 N–H and O–H groups in total. The van der Waals surface area contributed by atoms with Crippen LogP contribution < -0.4 is 19.8 Å². The normalized spacial score (nSPS) is 14.7. The molecule has 0 saturated carbocycles. The predicted molar refractivity (Wildman–Crippen MR) is 144 cm³/mol. The molecule has 2 aromatic heterocycles. The number of carbonyl (C=O) groups is 1. The van der Waals surface area contributed by atoms with Gasteiger partial charge in [0.1, 0.15) is 40.3 Å². The Bertz CT molecular complexity index is 1650. The van der Waals surface area contributed by atoms with Crippen molar-refractivity contribution in [1.82, 2.24) is 19.4 Å². The summed E-state index contributed by atoms with van der Waals surface area (Å²) in [7, 11) is 4.26. The number of para-hydroxylation sites is 1. The lowest BCUT2D eigenvalue weighted by Crippen LogP contribution is -2.36.